The first-order chi connectivity index (χ1) is 15.4. The van der Waals surface area contributed by atoms with Gasteiger partial charge in [0.25, 0.3) is 0 Å². The number of rotatable bonds is 9. The Hall–Kier alpha value is -2.92. The summed E-state index contributed by atoms with van der Waals surface area (Å²) in [6.45, 7) is 0. The standard InChI is InChI=1S/C26H23ClF2O3/c27-20-11-9-19(10-12-20)24(18-7-8-18)26(29,25(30)31)15-14-17-6-13-22(28)23(16-17)32-21-4-2-1-3-5-21/h1-6,9-13,16,18,24H,7-8,14-15H2,(H,30,31)/t24-,26+/m1/s1. The lowest BCUT2D eigenvalue weighted by Crippen LogP contribution is -2.42. The number of aliphatic carboxylic acids is 1. The van der Waals surface area contributed by atoms with Gasteiger partial charge in [0.1, 0.15) is 5.75 Å². The van der Waals surface area contributed by atoms with Gasteiger partial charge < -0.3 is 9.84 Å². The molecule has 3 nitrogen and oxygen atoms in total. The van der Waals surface area contributed by atoms with Crippen LogP contribution in [0, 0.1) is 11.7 Å². The van der Waals surface area contributed by atoms with E-state index >= 15 is 4.39 Å². The van der Waals surface area contributed by atoms with Gasteiger partial charge in [-0.05, 0) is 79.1 Å². The highest BCUT2D eigenvalue weighted by atomic mass is 35.5. The average molecular weight is 457 g/mol. The minimum atomic E-state index is -2.45. The van der Waals surface area contributed by atoms with Crippen molar-refractivity contribution in [1.29, 1.82) is 0 Å². The predicted molar refractivity (Wildman–Crippen MR) is 120 cm³/mol. The van der Waals surface area contributed by atoms with E-state index in [9.17, 15) is 14.3 Å². The lowest BCUT2D eigenvalue weighted by Gasteiger charge is -2.31. The Labute approximate surface area is 190 Å². The van der Waals surface area contributed by atoms with E-state index in [1.54, 1.807) is 48.5 Å². The summed E-state index contributed by atoms with van der Waals surface area (Å²) in [6, 6.07) is 19.8. The van der Waals surface area contributed by atoms with Crippen LogP contribution in [0.25, 0.3) is 0 Å². The first-order valence-corrected chi connectivity index (χ1v) is 10.9. The first kappa shape index (κ1) is 22.3. The summed E-state index contributed by atoms with van der Waals surface area (Å²) >= 11 is 5.96. The van der Waals surface area contributed by atoms with Crippen LogP contribution in [0.4, 0.5) is 8.78 Å². The molecule has 0 spiro atoms. The third-order valence-corrected chi connectivity index (χ3v) is 6.17. The van der Waals surface area contributed by atoms with E-state index in [2.05, 4.69) is 0 Å². The van der Waals surface area contributed by atoms with Crippen LogP contribution in [0.2, 0.25) is 5.02 Å². The van der Waals surface area contributed by atoms with Crippen molar-refractivity contribution in [3.63, 3.8) is 0 Å². The molecule has 2 atom stereocenters. The number of aryl methyl sites for hydroxylation is 1. The lowest BCUT2D eigenvalue weighted by molar-refractivity contribution is -0.153. The molecule has 0 aliphatic heterocycles. The predicted octanol–water partition coefficient (Wildman–Crippen LogP) is 7.19. The molecule has 1 fully saturated rings. The number of carboxylic acids is 1. The second-order valence-electron chi connectivity index (χ2n) is 8.21. The van der Waals surface area contributed by atoms with Crippen LogP contribution in [0.3, 0.4) is 0 Å². The summed E-state index contributed by atoms with van der Waals surface area (Å²) in [7, 11) is 0. The van der Waals surface area contributed by atoms with Gasteiger partial charge in [-0.2, -0.15) is 0 Å². The Morgan fingerprint density at radius 2 is 1.78 bits per heavy atom. The van der Waals surface area contributed by atoms with Crippen molar-refractivity contribution in [2.24, 2.45) is 5.92 Å². The van der Waals surface area contributed by atoms with Crippen molar-refractivity contribution in [3.05, 3.63) is 94.8 Å². The molecule has 4 rings (SSSR count). The molecule has 3 aromatic carbocycles. The van der Waals surface area contributed by atoms with E-state index in [4.69, 9.17) is 16.3 Å². The summed E-state index contributed by atoms with van der Waals surface area (Å²) in [4.78, 5) is 12.1. The Bertz CT molecular complexity index is 1080. The minimum Gasteiger partial charge on any atom is -0.479 e. The van der Waals surface area contributed by atoms with Crippen molar-refractivity contribution < 1.29 is 23.4 Å². The molecule has 0 saturated heterocycles. The molecule has 1 saturated carbocycles. The molecular weight excluding hydrogens is 434 g/mol. The topological polar surface area (TPSA) is 46.5 Å². The monoisotopic (exact) mass is 456 g/mol. The zero-order valence-corrected chi connectivity index (χ0v) is 18.1. The molecule has 1 N–H and O–H groups in total. The molecule has 0 amide bonds. The second-order valence-corrected chi connectivity index (χ2v) is 8.65. The number of hydrogen-bond donors (Lipinski definition) is 1. The molecule has 0 heterocycles. The zero-order chi connectivity index (χ0) is 22.7. The van der Waals surface area contributed by atoms with E-state index in [1.165, 1.54) is 18.2 Å². The van der Waals surface area contributed by atoms with Crippen molar-refractivity contribution in [2.45, 2.75) is 37.3 Å². The molecule has 6 heteroatoms. The van der Waals surface area contributed by atoms with Gasteiger partial charge in [0.05, 0.1) is 0 Å². The number of para-hydroxylation sites is 1. The molecular formula is C26H23ClF2O3. The summed E-state index contributed by atoms with van der Waals surface area (Å²) in [5, 5.41) is 10.4. The van der Waals surface area contributed by atoms with E-state index < -0.39 is 23.4 Å². The number of carboxylic acid groups (broad SMARTS) is 1. The molecule has 0 bridgehead atoms. The minimum absolute atomic E-state index is 0.0185. The van der Waals surface area contributed by atoms with Gasteiger partial charge in [0.2, 0.25) is 5.67 Å². The molecule has 0 aromatic heterocycles. The van der Waals surface area contributed by atoms with Crippen LogP contribution < -0.4 is 4.74 Å². The highest BCUT2D eigenvalue weighted by molar-refractivity contribution is 6.30. The van der Waals surface area contributed by atoms with Crippen molar-refractivity contribution in [2.75, 3.05) is 0 Å². The molecule has 0 unspecified atom stereocenters. The average Bonchev–Trinajstić information content (AvgIpc) is 3.61. The fraction of sp³-hybridized carbons (Fsp3) is 0.269. The Balaban J connectivity index is 1.56. The normalized spacial score (nSPS) is 16.2. The summed E-state index contributed by atoms with van der Waals surface area (Å²) in [5.41, 5.74) is -1.22. The van der Waals surface area contributed by atoms with Crippen molar-refractivity contribution in [3.8, 4) is 11.5 Å². The first-order valence-electron chi connectivity index (χ1n) is 10.6. The Kier molecular flexibility index (Phi) is 6.47. The van der Waals surface area contributed by atoms with Gasteiger partial charge in [-0.25, -0.2) is 13.6 Å². The Morgan fingerprint density at radius 1 is 1.09 bits per heavy atom. The molecule has 1 aliphatic carbocycles. The van der Waals surface area contributed by atoms with Gasteiger partial charge >= 0.3 is 5.97 Å². The number of ether oxygens (including phenoxy) is 1. The van der Waals surface area contributed by atoms with Crippen LogP contribution in [-0.4, -0.2) is 16.7 Å². The number of benzene rings is 3. The maximum absolute atomic E-state index is 16.1. The van der Waals surface area contributed by atoms with Crippen molar-refractivity contribution >= 4 is 17.6 Å². The van der Waals surface area contributed by atoms with Gasteiger partial charge in [0.15, 0.2) is 11.6 Å². The van der Waals surface area contributed by atoms with Gasteiger partial charge in [0, 0.05) is 10.9 Å². The van der Waals surface area contributed by atoms with E-state index in [-0.39, 0.29) is 24.5 Å². The summed E-state index contributed by atoms with van der Waals surface area (Å²) in [6.07, 6.45) is 1.48. The number of alkyl halides is 1. The highest BCUT2D eigenvalue weighted by Crippen LogP contribution is 2.51. The fourth-order valence-electron chi connectivity index (χ4n) is 4.13. The summed E-state index contributed by atoms with van der Waals surface area (Å²) in [5.74, 6) is -2.32. The third-order valence-electron chi connectivity index (χ3n) is 5.92. The maximum atomic E-state index is 16.1. The zero-order valence-electron chi connectivity index (χ0n) is 17.3. The van der Waals surface area contributed by atoms with Gasteiger partial charge in [-0.15, -0.1) is 0 Å². The van der Waals surface area contributed by atoms with Crippen LogP contribution >= 0.6 is 11.6 Å². The summed E-state index contributed by atoms with van der Waals surface area (Å²) < 4.78 is 36.0. The highest BCUT2D eigenvalue weighted by Gasteiger charge is 2.53. The van der Waals surface area contributed by atoms with Crippen LogP contribution in [0.1, 0.15) is 36.3 Å². The van der Waals surface area contributed by atoms with E-state index in [0.717, 1.165) is 12.8 Å². The number of hydrogen-bond acceptors (Lipinski definition) is 2. The fourth-order valence-corrected chi connectivity index (χ4v) is 4.25. The largest absolute Gasteiger partial charge is 0.479 e. The molecule has 32 heavy (non-hydrogen) atoms. The quantitative estimate of drug-likeness (QED) is 0.370. The smallest absolute Gasteiger partial charge is 0.342 e. The third kappa shape index (κ3) is 4.94. The Morgan fingerprint density at radius 3 is 2.41 bits per heavy atom. The van der Waals surface area contributed by atoms with Gasteiger partial charge in [-0.1, -0.05) is 48.0 Å². The molecule has 3 aromatic rings. The SMILES string of the molecule is O=C(O)[C@](F)(CCc1ccc(F)c(Oc2ccccc2)c1)[C@@H](c1ccc(Cl)cc1)C1CC1. The van der Waals surface area contributed by atoms with Gasteiger partial charge in [-0.3, -0.25) is 0 Å². The second kappa shape index (κ2) is 9.29. The molecule has 1 aliphatic rings. The number of halogens is 3. The lowest BCUT2D eigenvalue weighted by atomic mass is 9.76. The molecule has 166 valence electrons. The van der Waals surface area contributed by atoms with Crippen molar-refractivity contribution in [1.82, 2.24) is 0 Å². The van der Waals surface area contributed by atoms with Crippen LogP contribution in [0.5, 0.6) is 11.5 Å². The maximum Gasteiger partial charge on any atom is 0.342 e. The number of carbonyl (C=O) groups is 1. The molecule has 0 radical (unpaired) electrons. The van der Waals surface area contributed by atoms with E-state index in [0.29, 0.717) is 21.9 Å². The van der Waals surface area contributed by atoms with Crippen LogP contribution in [-0.2, 0) is 11.2 Å². The van der Waals surface area contributed by atoms with Crippen LogP contribution in [0.15, 0.2) is 72.8 Å². The van der Waals surface area contributed by atoms with E-state index in [1.807, 2.05) is 6.07 Å².